The van der Waals surface area contributed by atoms with Crippen LogP contribution in [-0.4, -0.2) is 42.4 Å². The van der Waals surface area contributed by atoms with Gasteiger partial charge in [0.2, 0.25) is 0 Å². The van der Waals surface area contributed by atoms with E-state index in [1.54, 1.807) is 6.92 Å². The molecule has 170 valence electrons. The number of ether oxygens (including phenoxy) is 2. The molecule has 1 aliphatic rings. The molecule has 0 aliphatic heterocycles. The summed E-state index contributed by atoms with van der Waals surface area (Å²) in [4.78, 5) is 11.3. The van der Waals surface area contributed by atoms with E-state index in [4.69, 9.17) is 9.47 Å². The highest BCUT2D eigenvalue weighted by Gasteiger charge is 2.42. The van der Waals surface area contributed by atoms with Gasteiger partial charge in [-0.2, -0.15) is 0 Å². The molecule has 0 amide bonds. The van der Waals surface area contributed by atoms with Crippen LogP contribution in [0.2, 0.25) is 0 Å². The first-order valence-electron chi connectivity index (χ1n) is 10.8. The second-order valence-electron chi connectivity index (χ2n) is 8.46. The highest BCUT2D eigenvalue weighted by Crippen LogP contribution is 2.37. The average molecular weight is 421 g/mol. The van der Waals surface area contributed by atoms with Crippen molar-refractivity contribution in [2.24, 2.45) is 17.8 Å². The van der Waals surface area contributed by atoms with Crippen molar-refractivity contribution < 1.29 is 24.5 Å². The number of carbonyl (C=O) groups excluding carboxylic acids is 1. The van der Waals surface area contributed by atoms with Gasteiger partial charge >= 0.3 is 0 Å². The maximum atomic E-state index is 11.3. The van der Waals surface area contributed by atoms with Crippen molar-refractivity contribution in [1.82, 2.24) is 0 Å². The Labute approximate surface area is 182 Å². The normalized spacial score (nSPS) is 26.8. The van der Waals surface area contributed by atoms with Crippen LogP contribution in [0.1, 0.15) is 60.3 Å². The summed E-state index contributed by atoms with van der Waals surface area (Å²) in [5, 5.41) is 21.2. The van der Waals surface area contributed by atoms with Gasteiger partial charge < -0.3 is 19.7 Å². The Morgan fingerprint density at radius 2 is 1.63 bits per heavy atom. The molecule has 0 bridgehead atoms. The van der Waals surface area contributed by atoms with E-state index in [-0.39, 0.29) is 23.5 Å². The van der Waals surface area contributed by atoms with Crippen molar-refractivity contribution in [2.45, 2.75) is 72.5 Å². The predicted molar refractivity (Wildman–Crippen MR) is 121 cm³/mol. The van der Waals surface area contributed by atoms with Gasteiger partial charge in [0.25, 0.3) is 0 Å². The van der Waals surface area contributed by atoms with Crippen LogP contribution in [-0.2, 0) is 14.3 Å². The van der Waals surface area contributed by atoms with Crippen LogP contribution in [0.3, 0.4) is 0 Å². The van der Waals surface area contributed by atoms with Crippen LogP contribution in [0.25, 0.3) is 0 Å². The number of methoxy groups -OCH3 is 2. The fraction of sp³-hybridized carbons (Fsp3) is 0.640. The van der Waals surface area contributed by atoms with Crippen molar-refractivity contribution in [2.75, 3.05) is 14.2 Å². The van der Waals surface area contributed by atoms with Gasteiger partial charge in [-0.3, -0.25) is 4.79 Å². The van der Waals surface area contributed by atoms with Crippen molar-refractivity contribution in [3.8, 4) is 0 Å². The zero-order valence-corrected chi connectivity index (χ0v) is 19.6. The van der Waals surface area contributed by atoms with Crippen LogP contribution in [0.4, 0.5) is 0 Å². The molecular formula is C25H40O5. The van der Waals surface area contributed by atoms with Gasteiger partial charge in [-0.05, 0) is 52.4 Å². The molecule has 2 N–H and O–H groups in total. The van der Waals surface area contributed by atoms with Gasteiger partial charge in [0.1, 0.15) is 18.0 Å². The molecule has 0 fully saturated rings. The largest absolute Gasteiger partial charge is 0.495 e. The van der Waals surface area contributed by atoms with Crippen LogP contribution >= 0.6 is 0 Å². The average Bonchev–Trinajstić information content (AvgIpc) is 2.70. The molecule has 0 saturated heterocycles. The fourth-order valence-electron chi connectivity index (χ4n) is 3.70. The third-order valence-corrected chi connectivity index (χ3v) is 6.07. The zero-order valence-electron chi connectivity index (χ0n) is 19.6. The molecule has 0 radical (unpaired) electrons. The van der Waals surface area contributed by atoms with Gasteiger partial charge in [-0.1, -0.05) is 49.3 Å². The second kappa shape index (κ2) is 12.8. The van der Waals surface area contributed by atoms with E-state index in [2.05, 4.69) is 32.1 Å². The molecule has 5 heteroatoms. The minimum Gasteiger partial charge on any atom is -0.495 e. The first kappa shape index (κ1) is 26.2. The molecule has 5 atom stereocenters. The lowest BCUT2D eigenvalue weighted by Gasteiger charge is -2.38. The van der Waals surface area contributed by atoms with Gasteiger partial charge in [0, 0.05) is 11.8 Å². The molecular weight excluding hydrogens is 380 g/mol. The lowest BCUT2D eigenvalue weighted by atomic mass is 9.76. The minimum absolute atomic E-state index is 0.0209. The number of Topliss-reactive ketones (excluding diaryl/α,β-unsaturated/α-hetero) is 1. The lowest BCUT2D eigenvalue weighted by Crippen LogP contribution is -2.42. The van der Waals surface area contributed by atoms with Gasteiger partial charge in [-0.25, -0.2) is 0 Å². The van der Waals surface area contributed by atoms with Crippen molar-refractivity contribution in [3.63, 3.8) is 0 Å². The summed E-state index contributed by atoms with van der Waals surface area (Å²) in [6, 6.07) is 0. The first-order chi connectivity index (χ1) is 14.1. The van der Waals surface area contributed by atoms with Crippen molar-refractivity contribution in [1.29, 1.82) is 0 Å². The highest BCUT2D eigenvalue weighted by molar-refractivity contribution is 5.79. The number of allylic oxidation sites excluding steroid dienone is 6. The van der Waals surface area contributed by atoms with Gasteiger partial charge in [-0.15, -0.1) is 0 Å². The molecule has 0 aromatic heterocycles. The highest BCUT2D eigenvalue weighted by atomic mass is 16.5. The molecule has 0 spiro atoms. The van der Waals surface area contributed by atoms with Crippen LogP contribution in [0.5, 0.6) is 0 Å². The molecule has 0 saturated carbocycles. The van der Waals surface area contributed by atoms with E-state index >= 15 is 0 Å². The minimum atomic E-state index is -0.793. The third kappa shape index (κ3) is 7.44. The van der Waals surface area contributed by atoms with Crippen LogP contribution in [0.15, 0.2) is 47.0 Å². The van der Waals surface area contributed by atoms with E-state index in [1.165, 1.54) is 25.4 Å². The van der Waals surface area contributed by atoms with E-state index in [9.17, 15) is 15.0 Å². The summed E-state index contributed by atoms with van der Waals surface area (Å²) in [7, 11) is 2.97. The lowest BCUT2D eigenvalue weighted by molar-refractivity contribution is -0.118. The molecule has 0 aromatic carbocycles. The molecule has 1 rings (SSSR count). The SMILES string of the molecule is COC1=C(OC)C(O)C(CC=C(C)CCC=C(C)C/C=C/C(C)C(C)=O)C(C)C1O. The Kier molecular flexibility index (Phi) is 11.1. The molecule has 0 aromatic rings. The Morgan fingerprint density at radius 1 is 1.03 bits per heavy atom. The van der Waals surface area contributed by atoms with Crippen molar-refractivity contribution in [3.05, 3.63) is 47.0 Å². The van der Waals surface area contributed by atoms with E-state index in [0.717, 1.165) is 19.3 Å². The quantitative estimate of drug-likeness (QED) is 0.473. The maximum absolute atomic E-state index is 11.3. The number of hydrogen-bond donors (Lipinski definition) is 2. The zero-order chi connectivity index (χ0) is 22.8. The molecule has 0 heterocycles. The summed E-state index contributed by atoms with van der Waals surface area (Å²) in [6.45, 7) is 9.66. The number of ketones is 1. The third-order valence-electron chi connectivity index (χ3n) is 6.07. The number of aliphatic hydroxyl groups excluding tert-OH is 2. The van der Waals surface area contributed by atoms with Crippen LogP contribution in [0, 0.1) is 17.8 Å². The van der Waals surface area contributed by atoms with E-state index < -0.39 is 12.2 Å². The standard InChI is InChI=1S/C25H40O5/c1-16(12-9-13-18(3)20(5)26)10-8-11-17(2)14-15-21-19(4)22(27)24(29-6)25(30-7)23(21)28/h9-10,13-14,18-19,21-23,27-28H,8,11-12,15H2,1-7H3/b13-9+,16-10?,17-14?. The maximum Gasteiger partial charge on any atom is 0.165 e. The van der Waals surface area contributed by atoms with E-state index in [1.807, 2.05) is 19.9 Å². The molecule has 5 unspecified atom stereocenters. The van der Waals surface area contributed by atoms with Gasteiger partial charge in [0.05, 0.1) is 14.2 Å². The summed E-state index contributed by atoms with van der Waals surface area (Å²) >= 11 is 0. The molecule has 1 aliphatic carbocycles. The van der Waals surface area contributed by atoms with Crippen LogP contribution < -0.4 is 0 Å². The second-order valence-corrected chi connectivity index (χ2v) is 8.46. The summed E-state index contributed by atoms with van der Waals surface area (Å²) < 4.78 is 10.6. The summed E-state index contributed by atoms with van der Waals surface area (Å²) in [5.41, 5.74) is 2.55. The fourth-order valence-corrected chi connectivity index (χ4v) is 3.70. The van der Waals surface area contributed by atoms with Crippen molar-refractivity contribution >= 4 is 5.78 Å². The van der Waals surface area contributed by atoms with Gasteiger partial charge in [0.15, 0.2) is 11.5 Å². The topological polar surface area (TPSA) is 76.0 Å². The Balaban J connectivity index is 2.61. The Hall–Kier alpha value is -1.85. The Bertz CT molecular complexity index is 686. The number of carbonyl (C=O) groups is 1. The van der Waals surface area contributed by atoms with E-state index in [0.29, 0.717) is 17.9 Å². The number of aliphatic hydroxyl groups is 2. The molecule has 30 heavy (non-hydrogen) atoms. The monoisotopic (exact) mass is 420 g/mol. The summed E-state index contributed by atoms with van der Waals surface area (Å²) in [5.74, 6) is 0.544. The number of hydrogen-bond acceptors (Lipinski definition) is 5. The first-order valence-corrected chi connectivity index (χ1v) is 10.8. The Morgan fingerprint density at radius 3 is 2.20 bits per heavy atom. The summed E-state index contributed by atoms with van der Waals surface area (Å²) in [6.07, 6.45) is 10.3. The molecule has 5 nitrogen and oxygen atoms in total. The predicted octanol–water partition coefficient (Wildman–Crippen LogP) is 4.71. The number of rotatable bonds is 11. The smallest absolute Gasteiger partial charge is 0.165 e.